The maximum Gasteiger partial charge on any atom is 0.337 e. The van der Waals surface area contributed by atoms with E-state index in [4.69, 9.17) is 0 Å². The SMILES string of the molecule is Cc1ccc(C(=O)Nc2cccc(C[C@@H](C#N)C(=O)Nc3ccccc3C(=O)O)c2)cc1. The van der Waals surface area contributed by atoms with Crippen LogP contribution in [0.25, 0.3) is 0 Å². The lowest BCUT2D eigenvalue weighted by Crippen LogP contribution is -2.24. The van der Waals surface area contributed by atoms with Crippen LogP contribution in [0, 0.1) is 24.2 Å². The minimum Gasteiger partial charge on any atom is -0.478 e. The summed E-state index contributed by atoms with van der Waals surface area (Å²) in [6.45, 7) is 1.94. The van der Waals surface area contributed by atoms with Gasteiger partial charge in [-0.1, -0.05) is 42.0 Å². The van der Waals surface area contributed by atoms with Gasteiger partial charge in [0.2, 0.25) is 5.91 Å². The van der Waals surface area contributed by atoms with Gasteiger partial charge in [0.25, 0.3) is 5.91 Å². The number of nitrogens with zero attached hydrogens (tertiary/aromatic N) is 1. The number of carboxylic acids is 1. The van der Waals surface area contributed by atoms with Crippen molar-refractivity contribution in [3.8, 4) is 6.07 Å². The number of aromatic carboxylic acids is 1. The molecule has 0 aliphatic heterocycles. The van der Waals surface area contributed by atoms with Crippen LogP contribution in [0.1, 0.15) is 31.8 Å². The van der Waals surface area contributed by atoms with Gasteiger partial charge in [-0.15, -0.1) is 0 Å². The average Bonchev–Trinajstić information content (AvgIpc) is 2.78. The molecule has 0 aliphatic carbocycles. The summed E-state index contributed by atoms with van der Waals surface area (Å²) in [4.78, 5) is 36.4. The monoisotopic (exact) mass is 427 g/mol. The number of carbonyl (C=O) groups excluding carboxylic acids is 2. The van der Waals surface area contributed by atoms with Gasteiger partial charge in [0.15, 0.2) is 0 Å². The Balaban J connectivity index is 1.70. The first kappa shape index (κ1) is 22.2. The molecule has 1 atom stereocenters. The molecule has 7 heteroatoms. The first-order chi connectivity index (χ1) is 15.4. The van der Waals surface area contributed by atoms with Crippen LogP contribution in [0.2, 0.25) is 0 Å². The summed E-state index contributed by atoms with van der Waals surface area (Å²) in [6.07, 6.45) is 0.103. The van der Waals surface area contributed by atoms with Crippen molar-refractivity contribution in [2.24, 2.45) is 5.92 Å². The van der Waals surface area contributed by atoms with Crippen LogP contribution in [-0.4, -0.2) is 22.9 Å². The fraction of sp³-hybridized carbons (Fsp3) is 0.120. The Kier molecular flexibility index (Phi) is 6.99. The number of rotatable bonds is 7. The summed E-state index contributed by atoms with van der Waals surface area (Å²) in [5.41, 5.74) is 2.87. The van der Waals surface area contributed by atoms with E-state index < -0.39 is 17.8 Å². The zero-order chi connectivity index (χ0) is 23.1. The van der Waals surface area contributed by atoms with Gasteiger partial charge < -0.3 is 15.7 Å². The third kappa shape index (κ3) is 5.58. The minimum atomic E-state index is -1.17. The molecule has 32 heavy (non-hydrogen) atoms. The summed E-state index contributed by atoms with van der Waals surface area (Å²) in [7, 11) is 0. The van der Waals surface area contributed by atoms with Crippen LogP contribution >= 0.6 is 0 Å². The highest BCUT2D eigenvalue weighted by atomic mass is 16.4. The molecule has 0 radical (unpaired) electrons. The first-order valence-corrected chi connectivity index (χ1v) is 9.87. The summed E-state index contributed by atoms with van der Waals surface area (Å²) in [5, 5.41) is 24.1. The number of anilines is 2. The van der Waals surface area contributed by atoms with Gasteiger partial charge in [0.1, 0.15) is 5.92 Å². The van der Waals surface area contributed by atoms with E-state index in [-0.39, 0.29) is 23.6 Å². The Labute approximate surface area is 185 Å². The third-order valence-electron chi connectivity index (χ3n) is 4.83. The van der Waals surface area contributed by atoms with Crippen LogP contribution in [0.5, 0.6) is 0 Å². The first-order valence-electron chi connectivity index (χ1n) is 9.87. The molecule has 3 rings (SSSR count). The standard InChI is InChI=1S/C25H21N3O4/c1-16-9-11-18(12-10-16)23(29)27-20-6-4-5-17(14-20)13-19(15-26)24(30)28-22-8-3-2-7-21(22)25(31)32/h2-12,14,19H,13H2,1H3,(H,27,29)(H,28,30)(H,31,32)/t19-/m0/s1. The minimum absolute atomic E-state index is 0.0571. The molecule has 0 fully saturated rings. The summed E-state index contributed by atoms with van der Waals surface area (Å²) in [5.74, 6) is -3.08. The number of hydrogen-bond acceptors (Lipinski definition) is 4. The normalized spacial score (nSPS) is 11.1. The van der Waals surface area contributed by atoms with Gasteiger partial charge >= 0.3 is 5.97 Å². The summed E-state index contributed by atoms with van der Waals surface area (Å²) >= 11 is 0. The predicted molar refractivity (Wildman–Crippen MR) is 120 cm³/mol. The number of carbonyl (C=O) groups is 3. The molecule has 3 aromatic rings. The van der Waals surface area contributed by atoms with Gasteiger partial charge in [0, 0.05) is 11.3 Å². The maximum absolute atomic E-state index is 12.6. The van der Waals surface area contributed by atoms with Crippen LogP contribution in [0.4, 0.5) is 11.4 Å². The molecule has 0 unspecified atom stereocenters. The average molecular weight is 427 g/mol. The largest absolute Gasteiger partial charge is 0.478 e. The molecule has 3 aromatic carbocycles. The van der Waals surface area contributed by atoms with Gasteiger partial charge in [-0.3, -0.25) is 9.59 Å². The van der Waals surface area contributed by atoms with E-state index in [1.54, 1.807) is 48.5 Å². The van der Waals surface area contributed by atoms with E-state index >= 15 is 0 Å². The second-order valence-electron chi connectivity index (χ2n) is 7.25. The number of para-hydroxylation sites is 1. The molecule has 0 aromatic heterocycles. The second-order valence-corrected chi connectivity index (χ2v) is 7.25. The molecular formula is C25H21N3O4. The fourth-order valence-electron chi connectivity index (χ4n) is 3.12. The van der Waals surface area contributed by atoms with E-state index in [9.17, 15) is 24.8 Å². The highest BCUT2D eigenvalue weighted by Gasteiger charge is 2.21. The number of nitrogens with one attached hydrogen (secondary N) is 2. The Bertz CT molecular complexity index is 1200. The van der Waals surface area contributed by atoms with E-state index in [0.29, 0.717) is 16.8 Å². The maximum atomic E-state index is 12.6. The van der Waals surface area contributed by atoms with Crippen molar-refractivity contribution < 1.29 is 19.5 Å². The van der Waals surface area contributed by atoms with Gasteiger partial charge in [-0.25, -0.2) is 4.79 Å². The molecule has 160 valence electrons. The number of amides is 2. The number of hydrogen-bond donors (Lipinski definition) is 3. The van der Waals surface area contributed by atoms with E-state index in [2.05, 4.69) is 10.6 Å². The van der Waals surface area contributed by atoms with Crippen LogP contribution < -0.4 is 10.6 Å². The molecule has 0 aliphatic rings. The Hall–Kier alpha value is -4.44. The zero-order valence-corrected chi connectivity index (χ0v) is 17.3. The van der Waals surface area contributed by atoms with Crippen LogP contribution in [-0.2, 0) is 11.2 Å². The molecular weight excluding hydrogens is 406 g/mol. The Morgan fingerprint density at radius 2 is 1.69 bits per heavy atom. The third-order valence-corrected chi connectivity index (χ3v) is 4.83. The molecule has 7 nitrogen and oxygen atoms in total. The van der Waals surface area contributed by atoms with Gasteiger partial charge in [0.05, 0.1) is 17.3 Å². The van der Waals surface area contributed by atoms with E-state index in [1.165, 1.54) is 12.1 Å². The van der Waals surface area contributed by atoms with E-state index in [1.807, 2.05) is 25.1 Å². The summed E-state index contributed by atoms with van der Waals surface area (Å²) in [6, 6.07) is 22.0. The number of benzene rings is 3. The Morgan fingerprint density at radius 3 is 2.38 bits per heavy atom. The fourth-order valence-corrected chi connectivity index (χ4v) is 3.12. The number of nitriles is 1. The topological polar surface area (TPSA) is 119 Å². The molecule has 0 heterocycles. The molecule has 0 saturated heterocycles. The van der Waals surface area contributed by atoms with Gasteiger partial charge in [-0.2, -0.15) is 5.26 Å². The van der Waals surface area contributed by atoms with Gasteiger partial charge in [-0.05, 0) is 55.3 Å². The number of aryl methyl sites for hydroxylation is 1. The lowest BCUT2D eigenvalue weighted by Gasteiger charge is -2.13. The molecule has 0 saturated carbocycles. The number of carboxylic acid groups (broad SMARTS) is 1. The highest BCUT2D eigenvalue weighted by Crippen LogP contribution is 2.19. The molecule has 3 N–H and O–H groups in total. The van der Waals surface area contributed by atoms with Crippen LogP contribution in [0.15, 0.2) is 72.8 Å². The van der Waals surface area contributed by atoms with Crippen molar-refractivity contribution in [3.63, 3.8) is 0 Å². The van der Waals surface area contributed by atoms with Crippen molar-refractivity contribution >= 4 is 29.2 Å². The Morgan fingerprint density at radius 1 is 0.969 bits per heavy atom. The quantitative estimate of drug-likeness (QED) is 0.520. The van der Waals surface area contributed by atoms with Crippen molar-refractivity contribution in [3.05, 3.63) is 95.1 Å². The summed E-state index contributed by atoms with van der Waals surface area (Å²) < 4.78 is 0. The highest BCUT2D eigenvalue weighted by molar-refractivity contribution is 6.04. The van der Waals surface area contributed by atoms with Crippen LogP contribution in [0.3, 0.4) is 0 Å². The molecule has 0 spiro atoms. The smallest absolute Gasteiger partial charge is 0.337 e. The van der Waals surface area contributed by atoms with Crippen molar-refractivity contribution in [2.45, 2.75) is 13.3 Å². The second kappa shape index (κ2) is 10.0. The molecule has 0 bridgehead atoms. The zero-order valence-electron chi connectivity index (χ0n) is 17.3. The lowest BCUT2D eigenvalue weighted by molar-refractivity contribution is -0.118. The molecule has 2 amide bonds. The predicted octanol–water partition coefficient (Wildman–Crippen LogP) is 4.27. The lowest BCUT2D eigenvalue weighted by atomic mass is 9.99. The van der Waals surface area contributed by atoms with Crippen molar-refractivity contribution in [2.75, 3.05) is 10.6 Å². The van der Waals surface area contributed by atoms with Crippen molar-refractivity contribution in [1.82, 2.24) is 0 Å². The van der Waals surface area contributed by atoms with E-state index in [0.717, 1.165) is 5.56 Å². The van der Waals surface area contributed by atoms with Crippen molar-refractivity contribution in [1.29, 1.82) is 5.26 Å².